The molecule has 0 bridgehead atoms. The van der Waals surface area contributed by atoms with E-state index in [-0.39, 0.29) is 21.2 Å². The van der Waals surface area contributed by atoms with Crippen LogP contribution in [0.2, 0.25) is 5.02 Å². The zero-order chi connectivity index (χ0) is 16.5. The molecule has 0 amide bonds. The first kappa shape index (κ1) is 16.5. The lowest BCUT2D eigenvalue weighted by atomic mass is 10.1. The number of hydrogen-bond donors (Lipinski definition) is 1. The number of H-pyrrole nitrogens is 1. The van der Waals surface area contributed by atoms with Crippen molar-refractivity contribution in [1.29, 1.82) is 5.26 Å². The number of halogens is 1. The predicted molar refractivity (Wildman–Crippen MR) is 84.9 cm³/mol. The van der Waals surface area contributed by atoms with Gasteiger partial charge < -0.3 is 4.98 Å². The van der Waals surface area contributed by atoms with Crippen molar-refractivity contribution in [2.75, 3.05) is 12.5 Å². The van der Waals surface area contributed by atoms with Gasteiger partial charge in [0.25, 0.3) is 5.56 Å². The minimum absolute atomic E-state index is 0.0506. The SMILES string of the molecule is CSc1nc(-c2ccc(S(C)(=O)=O)cc2Cl)c(C#N)c(=O)[nH]1. The van der Waals surface area contributed by atoms with Gasteiger partial charge in [0, 0.05) is 11.8 Å². The Morgan fingerprint density at radius 3 is 2.59 bits per heavy atom. The minimum atomic E-state index is -3.40. The highest BCUT2D eigenvalue weighted by molar-refractivity contribution is 7.98. The first-order chi connectivity index (χ1) is 10.3. The van der Waals surface area contributed by atoms with Crippen LogP contribution in [0, 0.1) is 11.3 Å². The number of nitrogens with one attached hydrogen (secondary N) is 1. The summed E-state index contributed by atoms with van der Waals surface area (Å²) >= 11 is 7.32. The molecular formula is C13H10ClN3O3S2. The molecule has 2 aromatic rings. The summed E-state index contributed by atoms with van der Waals surface area (Å²) in [5.74, 6) is 0. The van der Waals surface area contributed by atoms with Gasteiger partial charge in [-0.15, -0.1) is 0 Å². The summed E-state index contributed by atoms with van der Waals surface area (Å²) in [4.78, 5) is 18.6. The molecule has 2 rings (SSSR count). The summed E-state index contributed by atoms with van der Waals surface area (Å²) in [5.41, 5.74) is -0.292. The molecule has 0 aliphatic heterocycles. The smallest absolute Gasteiger partial charge is 0.270 e. The number of aromatic amines is 1. The van der Waals surface area contributed by atoms with Gasteiger partial charge >= 0.3 is 0 Å². The third kappa shape index (κ3) is 3.16. The van der Waals surface area contributed by atoms with Crippen molar-refractivity contribution < 1.29 is 8.42 Å². The van der Waals surface area contributed by atoms with E-state index >= 15 is 0 Å². The Morgan fingerprint density at radius 2 is 2.09 bits per heavy atom. The normalized spacial score (nSPS) is 11.2. The van der Waals surface area contributed by atoms with Crippen LogP contribution < -0.4 is 5.56 Å². The third-order valence-corrected chi connectivity index (χ3v) is 4.83. The highest BCUT2D eigenvalue weighted by Gasteiger charge is 2.17. The number of nitriles is 1. The molecule has 0 saturated heterocycles. The summed E-state index contributed by atoms with van der Waals surface area (Å²) in [7, 11) is -3.40. The lowest BCUT2D eigenvalue weighted by Crippen LogP contribution is -2.14. The maximum atomic E-state index is 11.9. The molecule has 6 nitrogen and oxygen atoms in total. The summed E-state index contributed by atoms with van der Waals surface area (Å²) in [6.07, 6.45) is 2.79. The number of hydrogen-bond acceptors (Lipinski definition) is 6. The van der Waals surface area contributed by atoms with E-state index in [2.05, 4.69) is 9.97 Å². The molecule has 1 heterocycles. The van der Waals surface area contributed by atoms with Crippen molar-refractivity contribution in [3.05, 3.63) is 39.1 Å². The maximum absolute atomic E-state index is 11.9. The Hall–Kier alpha value is -1.82. The third-order valence-electron chi connectivity index (χ3n) is 2.83. The molecule has 0 fully saturated rings. The van der Waals surface area contributed by atoms with Crippen LogP contribution in [0.4, 0.5) is 0 Å². The quantitative estimate of drug-likeness (QED) is 0.667. The Kier molecular flexibility index (Phi) is 4.60. The molecular weight excluding hydrogens is 346 g/mol. The van der Waals surface area contributed by atoms with Gasteiger partial charge in [0.2, 0.25) is 0 Å². The van der Waals surface area contributed by atoms with Gasteiger partial charge in [-0.1, -0.05) is 23.4 Å². The number of aromatic nitrogens is 2. The van der Waals surface area contributed by atoms with E-state index in [1.165, 1.54) is 30.0 Å². The van der Waals surface area contributed by atoms with Crippen LogP contribution in [-0.4, -0.2) is 30.9 Å². The fourth-order valence-corrected chi connectivity index (χ4v) is 3.13. The van der Waals surface area contributed by atoms with Crippen LogP contribution >= 0.6 is 23.4 Å². The zero-order valence-electron chi connectivity index (χ0n) is 11.5. The standard InChI is InChI=1S/C13H10ClN3O3S2/c1-21-13-16-11(9(6-15)12(18)17-13)8-4-3-7(5-10(8)14)22(2,19)20/h3-5H,1-2H3,(H,16,17,18). The lowest BCUT2D eigenvalue weighted by molar-refractivity contribution is 0.602. The molecule has 1 N–H and O–H groups in total. The highest BCUT2D eigenvalue weighted by Crippen LogP contribution is 2.30. The van der Waals surface area contributed by atoms with Gasteiger partial charge in [0.15, 0.2) is 15.0 Å². The van der Waals surface area contributed by atoms with Crippen LogP contribution in [0.3, 0.4) is 0 Å². The molecule has 0 spiro atoms. The summed E-state index contributed by atoms with van der Waals surface area (Å²) in [6, 6.07) is 5.86. The molecule has 0 atom stereocenters. The summed E-state index contributed by atoms with van der Waals surface area (Å²) in [6.45, 7) is 0. The van der Waals surface area contributed by atoms with Gasteiger partial charge in [-0.3, -0.25) is 4.79 Å². The van der Waals surface area contributed by atoms with Crippen molar-refractivity contribution in [2.24, 2.45) is 0 Å². The average molecular weight is 356 g/mol. The van der Waals surface area contributed by atoms with Crippen LogP contribution in [0.25, 0.3) is 11.3 Å². The van der Waals surface area contributed by atoms with Crippen LogP contribution in [-0.2, 0) is 9.84 Å². The molecule has 22 heavy (non-hydrogen) atoms. The number of nitrogens with zero attached hydrogens (tertiary/aromatic N) is 2. The molecule has 1 aromatic heterocycles. The number of thioether (sulfide) groups is 1. The Bertz CT molecular complexity index is 946. The fourth-order valence-electron chi connectivity index (χ4n) is 1.77. The van der Waals surface area contributed by atoms with Gasteiger partial charge in [-0.2, -0.15) is 5.26 Å². The summed E-state index contributed by atoms with van der Waals surface area (Å²) < 4.78 is 23.1. The lowest BCUT2D eigenvalue weighted by Gasteiger charge is -2.08. The van der Waals surface area contributed by atoms with Crippen LogP contribution in [0.1, 0.15) is 5.56 Å². The van der Waals surface area contributed by atoms with E-state index in [4.69, 9.17) is 16.9 Å². The Morgan fingerprint density at radius 1 is 1.41 bits per heavy atom. The molecule has 0 saturated carbocycles. The number of sulfone groups is 1. The topological polar surface area (TPSA) is 104 Å². The highest BCUT2D eigenvalue weighted by atomic mass is 35.5. The minimum Gasteiger partial charge on any atom is -0.300 e. The van der Waals surface area contributed by atoms with E-state index in [0.29, 0.717) is 10.7 Å². The molecule has 0 radical (unpaired) electrons. The van der Waals surface area contributed by atoms with E-state index in [1.807, 2.05) is 0 Å². The van der Waals surface area contributed by atoms with Gasteiger partial charge in [0.1, 0.15) is 11.6 Å². The number of rotatable bonds is 3. The predicted octanol–water partition coefficient (Wildman–Crippen LogP) is 2.09. The van der Waals surface area contributed by atoms with Gasteiger partial charge in [-0.05, 0) is 24.5 Å². The first-order valence-corrected chi connectivity index (χ1v) is 9.35. The average Bonchev–Trinajstić information content (AvgIpc) is 2.45. The molecule has 0 aliphatic rings. The Labute approximate surface area is 136 Å². The zero-order valence-corrected chi connectivity index (χ0v) is 13.9. The maximum Gasteiger partial charge on any atom is 0.270 e. The largest absolute Gasteiger partial charge is 0.300 e. The van der Waals surface area contributed by atoms with Crippen molar-refractivity contribution in [3.8, 4) is 17.3 Å². The second kappa shape index (κ2) is 6.12. The van der Waals surface area contributed by atoms with Crippen LogP contribution in [0.5, 0.6) is 0 Å². The van der Waals surface area contributed by atoms with Gasteiger partial charge in [-0.25, -0.2) is 13.4 Å². The number of benzene rings is 1. The molecule has 9 heteroatoms. The molecule has 114 valence electrons. The monoisotopic (exact) mass is 355 g/mol. The first-order valence-electron chi connectivity index (χ1n) is 5.86. The van der Waals surface area contributed by atoms with Crippen molar-refractivity contribution in [2.45, 2.75) is 10.1 Å². The molecule has 0 aliphatic carbocycles. The molecule has 0 unspecified atom stereocenters. The van der Waals surface area contributed by atoms with E-state index < -0.39 is 15.4 Å². The van der Waals surface area contributed by atoms with E-state index in [1.54, 1.807) is 12.3 Å². The van der Waals surface area contributed by atoms with E-state index in [0.717, 1.165) is 6.26 Å². The van der Waals surface area contributed by atoms with Crippen LogP contribution in [0.15, 0.2) is 33.0 Å². The summed E-state index contributed by atoms with van der Waals surface area (Å²) in [5, 5.41) is 9.58. The Balaban J connectivity index is 2.75. The van der Waals surface area contributed by atoms with Crippen molar-refractivity contribution >= 4 is 33.2 Å². The van der Waals surface area contributed by atoms with E-state index in [9.17, 15) is 13.2 Å². The van der Waals surface area contributed by atoms with Crippen molar-refractivity contribution in [1.82, 2.24) is 9.97 Å². The van der Waals surface area contributed by atoms with Gasteiger partial charge in [0.05, 0.1) is 15.6 Å². The second-order valence-corrected chi connectivity index (χ2v) is 7.54. The second-order valence-electron chi connectivity index (χ2n) is 4.32. The molecule has 1 aromatic carbocycles. The van der Waals surface area contributed by atoms with Crippen molar-refractivity contribution in [3.63, 3.8) is 0 Å². The fraction of sp³-hybridized carbons (Fsp3) is 0.154.